The molecule has 0 saturated heterocycles. The van der Waals surface area contributed by atoms with Crippen molar-refractivity contribution in [1.29, 1.82) is 0 Å². The van der Waals surface area contributed by atoms with Crippen LogP contribution in [0.3, 0.4) is 0 Å². The Morgan fingerprint density at radius 3 is 2.41 bits per heavy atom. The number of carbonyl (C=O) groups excluding carboxylic acids is 2. The Morgan fingerprint density at radius 1 is 0.974 bits per heavy atom. The molecule has 1 N–H and O–H groups in total. The maximum Gasteiger partial charge on any atom is 0.322 e. The maximum absolute atomic E-state index is 13.7. The zero-order valence-corrected chi connectivity index (χ0v) is 24.3. The van der Waals surface area contributed by atoms with Crippen molar-refractivity contribution in [3.05, 3.63) is 70.4 Å². The van der Waals surface area contributed by atoms with Crippen molar-refractivity contribution in [2.75, 3.05) is 39.2 Å². The lowest BCUT2D eigenvalue weighted by atomic mass is 10.1. The third-order valence-electron chi connectivity index (χ3n) is 6.52. The Morgan fingerprint density at radius 2 is 1.74 bits per heavy atom. The number of hydrogen-bond acceptors (Lipinski definition) is 6. The Labute approximate surface area is 235 Å². The molecule has 0 aliphatic heterocycles. The normalized spacial score (nSPS) is 11.4. The molecule has 3 aromatic rings. The summed E-state index contributed by atoms with van der Waals surface area (Å²) in [5, 5.41) is 4.95. The SMILES string of the molecule is CCOc1ccccc1NC(=O)N(CC(=O)N(CCc1ccc(OC)c(OC)c1)Cc1cccs1)C(C)CC. The van der Waals surface area contributed by atoms with Crippen LogP contribution in [0.2, 0.25) is 0 Å². The highest BCUT2D eigenvalue weighted by molar-refractivity contribution is 7.09. The lowest BCUT2D eigenvalue weighted by Crippen LogP contribution is -2.48. The molecule has 39 heavy (non-hydrogen) atoms. The summed E-state index contributed by atoms with van der Waals surface area (Å²) < 4.78 is 16.5. The molecule has 8 nitrogen and oxygen atoms in total. The second-order valence-corrected chi connectivity index (χ2v) is 10.1. The van der Waals surface area contributed by atoms with Crippen LogP contribution in [0, 0.1) is 0 Å². The number of para-hydroxylation sites is 2. The van der Waals surface area contributed by atoms with Crippen LogP contribution in [-0.2, 0) is 17.8 Å². The minimum absolute atomic E-state index is 0.0328. The first kappa shape index (κ1) is 29.8. The second-order valence-electron chi connectivity index (χ2n) is 9.08. The molecule has 0 aliphatic rings. The quantitative estimate of drug-likeness (QED) is 0.262. The first-order chi connectivity index (χ1) is 18.9. The molecular weight excluding hydrogens is 514 g/mol. The van der Waals surface area contributed by atoms with Crippen molar-refractivity contribution in [1.82, 2.24) is 9.80 Å². The fraction of sp³-hybridized carbons (Fsp3) is 0.400. The van der Waals surface area contributed by atoms with Gasteiger partial charge in [-0.3, -0.25) is 4.79 Å². The van der Waals surface area contributed by atoms with Crippen LogP contribution >= 0.6 is 11.3 Å². The van der Waals surface area contributed by atoms with E-state index in [0.717, 1.165) is 10.4 Å². The van der Waals surface area contributed by atoms with Gasteiger partial charge in [-0.05, 0) is 68.0 Å². The predicted molar refractivity (Wildman–Crippen MR) is 156 cm³/mol. The average Bonchev–Trinajstić information content (AvgIpc) is 3.47. The number of nitrogens with one attached hydrogen (secondary N) is 1. The molecular formula is C30H39N3O5S. The summed E-state index contributed by atoms with van der Waals surface area (Å²) in [5.41, 5.74) is 1.61. The number of urea groups is 1. The largest absolute Gasteiger partial charge is 0.493 e. The molecule has 210 valence electrons. The van der Waals surface area contributed by atoms with Gasteiger partial charge in [0.1, 0.15) is 12.3 Å². The summed E-state index contributed by atoms with van der Waals surface area (Å²) in [6.07, 6.45) is 1.35. The van der Waals surface area contributed by atoms with Gasteiger partial charge >= 0.3 is 6.03 Å². The Balaban J connectivity index is 1.77. The Hall–Kier alpha value is -3.72. The van der Waals surface area contributed by atoms with Crippen molar-refractivity contribution in [3.63, 3.8) is 0 Å². The third-order valence-corrected chi connectivity index (χ3v) is 7.38. The molecule has 1 unspecified atom stereocenters. The summed E-state index contributed by atoms with van der Waals surface area (Å²) in [7, 11) is 3.21. The monoisotopic (exact) mass is 553 g/mol. The standard InChI is InChI=1S/C30H39N3O5S/c1-6-22(3)33(30(35)31-25-12-8-9-13-26(25)38-7-2)21-29(34)32(20-24-11-10-18-39-24)17-16-23-14-15-27(36-4)28(19-23)37-5/h8-15,18-19,22H,6-7,16-17,20-21H2,1-5H3,(H,31,35). The van der Waals surface area contributed by atoms with Gasteiger partial charge in [0.25, 0.3) is 0 Å². The molecule has 0 spiro atoms. The smallest absolute Gasteiger partial charge is 0.322 e. The van der Waals surface area contributed by atoms with E-state index in [2.05, 4.69) is 5.32 Å². The van der Waals surface area contributed by atoms with E-state index in [9.17, 15) is 9.59 Å². The van der Waals surface area contributed by atoms with Gasteiger partial charge in [-0.2, -0.15) is 0 Å². The zero-order valence-electron chi connectivity index (χ0n) is 23.4. The van der Waals surface area contributed by atoms with Crippen molar-refractivity contribution in [3.8, 4) is 17.2 Å². The number of carbonyl (C=O) groups is 2. The van der Waals surface area contributed by atoms with Gasteiger partial charge in [-0.25, -0.2) is 4.79 Å². The van der Waals surface area contributed by atoms with Gasteiger partial charge in [0.2, 0.25) is 5.91 Å². The molecule has 1 atom stereocenters. The minimum atomic E-state index is -0.333. The van der Waals surface area contributed by atoms with E-state index in [4.69, 9.17) is 14.2 Å². The number of benzene rings is 2. The van der Waals surface area contributed by atoms with Gasteiger partial charge in [0.05, 0.1) is 33.1 Å². The summed E-state index contributed by atoms with van der Waals surface area (Å²) in [5.74, 6) is 1.79. The highest BCUT2D eigenvalue weighted by Gasteiger charge is 2.26. The summed E-state index contributed by atoms with van der Waals surface area (Å²) in [6.45, 7) is 7.28. The van der Waals surface area contributed by atoms with Crippen LogP contribution in [-0.4, -0.2) is 61.7 Å². The number of amides is 3. The molecule has 0 bridgehead atoms. The molecule has 1 heterocycles. The van der Waals surface area contributed by atoms with E-state index >= 15 is 0 Å². The molecule has 0 saturated carbocycles. The fourth-order valence-corrected chi connectivity index (χ4v) is 4.83. The maximum atomic E-state index is 13.7. The van der Waals surface area contributed by atoms with Crippen LogP contribution in [0.4, 0.5) is 10.5 Å². The number of methoxy groups -OCH3 is 2. The number of rotatable bonds is 14. The van der Waals surface area contributed by atoms with Crippen molar-refractivity contribution < 1.29 is 23.8 Å². The Bertz CT molecular complexity index is 1200. The van der Waals surface area contributed by atoms with Gasteiger partial charge in [0.15, 0.2) is 11.5 Å². The number of thiophene rings is 1. The average molecular weight is 554 g/mol. The summed E-state index contributed by atoms with van der Waals surface area (Å²) >= 11 is 1.61. The number of ether oxygens (including phenoxy) is 3. The van der Waals surface area contributed by atoms with E-state index in [1.807, 2.05) is 79.6 Å². The van der Waals surface area contributed by atoms with Crippen molar-refractivity contribution in [2.24, 2.45) is 0 Å². The summed E-state index contributed by atoms with van der Waals surface area (Å²) in [6, 6.07) is 16.6. The van der Waals surface area contributed by atoms with Gasteiger partial charge < -0.3 is 29.3 Å². The lowest BCUT2D eigenvalue weighted by molar-refractivity contribution is -0.132. The predicted octanol–water partition coefficient (Wildman–Crippen LogP) is 6.07. The van der Waals surface area contributed by atoms with Crippen LogP contribution in [0.1, 0.15) is 37.6 Å². The van der Waals surface area contributed by atoms with Crippen LogP contribution in [0.25, 0.3) is 0 Å². The van der Waals surface area contributed by atoms with Gasteiger partial charge in [0, 0.05) is 17.5 Å². The van der Waals surface area contributed by atoms with Crippen molar-refractivity contribution in [2.45, 2.75) is 46.2 Å². The molecule has 0 fully saturated rings. The number of nitrogens with zero attached hydrogens (tertiary/aromatic N) is 2. The van der Waals surface area contributed by atoms with Gasteiger partial charge in [-0.1, -0.05) is 31.2 Å². The molecule has 3 rings (SSSR count). The van der Waals surface area contributed by atoms with E-state index in [-0.39, 0.29) is 24.5 Å². The van der Waals surface area contributed by atoms with Crippen LogP contribution in [0.15, 0.2) is 60.0 Å². The van der Waals surface area contributed by atoms with E-state index in [1.54, 1.807) is 36.5 Å². The summed E-state index contributed by atoms with van der Waals surface area (Å²) in [4.78, 5) is 31.6. The number of hydrogen-bond donors (Lipinski definition) is 1. The first-order valence-electron chi connectivity index (χ1n) is 13.2. The highest BCUT2D eigenvalue weighted by Crippen LogP contribution is 2.28. The molecule has 9 heteroatoms. The first-order valence-corrected chi connectivity index (χ1v) is 14.1. The van der Waals surface area contributed by atoms with E-state index in [0.29, 0.717) is 55.5 Å². The van der Waals surface area contributed by atoms with Gasteiger partial charge in [-0.15, -0.1) is 11.3 Å². The van der Waals surface area contributed by atoms with Crippen molar-refractivity contribution >= 4 is 29.0 Å². The topological polar surface area (TPSA) is 80.3 Å². The molecule has 2 aromatic carbocycles. The fourth-order valence-electron chi connectivity index (χ4n) is 4.11. The van der Waals surface area contributed by atoms with E-state index < -0.39 is 0 Å². The minimum Gasteiger partial charge on any atom is -0.493 e. The molecule has 3 amide bonds. The zero-order chi connectivity index (χ0) is 28.2. The van der Waals surface area contributed by atoms with E-state index in [1.165, 1.54) is 0 Å². The van der Waals surface area contributed by atoms with Crippen LogP contribution < -0.4 is 19.5 Å². The number of anilines is 1. The van der Waals surface area contributed by atoms with Crippen LogP contribution in [0.5, 0.6) is 17.2 Å². The lowest BCUT2D eigenvalue weighted by Gasteiger charge is -2.31. The highest BCUT2D eigenvalue weighted by atomic mass is 32.1. The second kappa shape index (κ2) is 15.0. The molecule has 0 aliphatic carbocycles. The molecule has 0 radical (unpaired) electrons. The Kier molecular flexibility index (Phi) is 11.5. The third kappa shape index (κ3) is 8.38. The molecule has 1 aromatic heterocycles.